The number of nitrogens with one attached hydrogen (secondary N) is 1. The van der Waals surface area contributed by atoms with Crippen LogP contribution >= 0.6 is 0 Å². The Labute approximate surface area is 103 Å². The fraction of sp³-hybridized carbons (Fsp3) is 0.429. The molecule has 0 spiro atoms. The zero-order valence-electron chi connectivity index (χ0n) is 10.9. The van der Waals surface area contributed by atoms with Gasteiger partial charge in [-0.15, -0.1) is 0 Å². The van der Waals surface area contributed by atoms with Crippen LogP contribution in [0.15, 0.2) is 30.4 Å². The van der Waals surface area contributed by atoms with Gasteiger partial charge in [0.1, 0.15) is 0 Å². The van der Waals surface area contributed by atoms with Crippen LogP contribution in [0.4, 0.5) is 5.69 Å². The maximum Gasteiger partial charge on any atom is 0.163 e. The Hall–Kier alpha value is -1.64. The molecule has 0 saturated carbocycles. The summed E-state index contributed by atoms with van der Waals surface area (Å²) < 4.78 is 11.0. The first-order valence-electron chi connectivity index (χ1n) is 5.95. The minimum absolute atomic E-state index is 0.629. The van der Waals surface area contributed by atoms with Crippen molar-refractivity contribution in [3.05, 3.63) is 30.4 Å². The van der Waals surface area contributed by atoms with Gasteiger partial charge in [-0.05, 0) is 32.9 Å². The zero-order valence-corrected chi connectivity index (χ0v) is 10.9. The van der Waals surface area contributed by atoms with Gasteiger partial charge in [-0.25, -0.2) is 0 Å². The average molecular weight is 235 g/mol. The van der Waals surface area contributed by atoms with Crippen molar-refractivity contribution in [2.45, 2.75) is 20.8 Å². The topological polar surface area (TPSA) is 30.5 Å². The minimum atomic E-state index is 0.629. The maximum atomic E-state index is 5.55. The zero-order chi connectivity index (χ0) is 12.7. The molecule has 1 aromatic rings. The van der Waals surface area contributed by atoms with E-state index in [4.69, 9.17) is 9.47 Å². The third-order valence-electron chi connectivity index (χ3n) is 2.14. The molecule has 1 N–H and O–H groups in total. The lowest BCUT2D eigenvalue weighted by atomic mass is 10.2. The smallest absolute Gasteiger partial charge is 0.163 e. The standard InChI is InChI=1S/C14H21NO2/c1-5-16-13-8-7-12(15-10-11(3)4)9-14(13)17-6-2/h7-9,15H,3,5-6,10H2,1-2,4H3. The van der Waals surface area contributed by atoms with Crippen molar-refractivity contribution in [2.75, 3.05) is 25.1 Å². The van der Waals surface area contributed by atoms with Crippen LogP contribution in [0.5, 0.6) is 11.5 Å². The summed E-state index contributed by atoms with van der Waals surface area (Å²) in [5, 5.41) is 3.28. The van der Waals surface area contributed by atoms with Gasteiger partial charge < -0.3 is 14.8 Å². The number of rotatable bonds is 7. The van der Waals surface area contributed by atoms with Gasteiger partial charge in [0.25, 0.3) is 0 Å². The van der Waals surface area contributed by atoms with E-state index in [0.29, 0.717) is 13.2 Å². The minimum Gasteiger partial charge on any atom is -0.490 e. The summed E-state index contributed by atoms with van der Waals surface area (Å²) in [6.45, 7) is 11.8. The van der Waals surface area contributed by atoms with E-state index in [1.807, 2.05) is 39.0 Å². The Kier molecular flexibility index (Phi) is 5.40. The van der Waals surface area contributed by atoms with Gasteiger partial charge in [0, 0.05) is 18.3 Å². The van der Waals surface area contributed by atoms with E-state index in [0.717, 1.165) is 29.3 Å². The van der Waals surface area contributed by atoms with Gasteiger partial charge >= 0.3 is 0 Å². The Bertz CT molecular complexity index is 374. The highest BCUT2D eigenvalue weighted by molar-refractivity contribution is 5.55. The van der Waals surface area contributed by atoms with Gasteiger partial charge in [0.15, 0.2) is 11.5 Å². The first-order chi connectivity index (χ1) is 8.17. The van der Waals surface area contributed by atoms with E-state index < -0.39 is 0 Å². The summed E-state index contributed by atoms with van der Waals surface area (Å²) >= 11 is 0. The molecule has 0 bridgehead atoms. The molecule has 94 valence electrons. The molecule has 0 atom stereocenters. The van der Waals surface area contributed by atoms with Crippen LogP contribution in [-0.4, -0.2) is 19.8 Å². The molecule has 1 aromatic carbocycles. The van der Waals surface area contributed by atoms with E-state index in [9.17, 15) is 0 Å². The molecule has 0 aliphatic rings. The van der Waals surface area contributed by atoms with Gasteiger partial charge in [0.05, 0.1) is 13.2 Å². The highest BCUT2D eigenvalue weighted by Crippen LogP contribution is 2.30. The quantitative estimate of drug-likeness (QED) is 0.734. The van der Waals surface area contributed by atoms with Crippen LogP contribution in [0.2, 0.25) is 0 Å². The number of benzene rings is 1. The normalized spacial score (nSPS) is 9.82. The summed E-state index contributed by atoms with van der Waals surface area (Å²) in [6, 6.07) is 5.86. The van der Waals surface area contributed by atoms with Crippen molar-refractivity contribution < 1.29 is 9.47 Å². The summed E-state index contributed by atoms with van der Waals surface area (Å²) in [4.78, 5) is 0. The van der Waals surface area contributed by atoms with Crippen LogP contribution in [0.25, 0.3) is 0 Å². The van der Waals surface area contributed by atoms with Crippen LogP contribution < -0.4 is 14.8 Å². The van der Waals surface area contributed by atoms with Crippen molar-refractivity contribution in [1.82, 2.24) is 0 Å². The van der Waals surface area contributed by atoms with Gasteiger partial charge in [-0.3, -0.25) is 0 Å². The molecule has 0 radical (unpaired) electrons. The Morgan fingerprint density at radius 1 is 1.18 bits per heavy atom. The first-order valence-corrected chi connectivity index (χ1v) is 5.95. The van der Waals surface area contributed by atoms with Crippen molar-refractivity contribution in [3.8, 4) is 11.5 Å². The number of ether oxygens (including phenoxy) is 2. The van der Waals surface area contributed by atoms with Crippen LogP contribution in [0.3, 0.4) is 0 Å². The van der Waals surface area contributed by atoms with Crippen molar-refractivity contribution >= 4 is 5.69 Å². The fourth-order valence-electron chi connectivity index (χ4n) is 1.41. The van der Waals surface area contributed by atoms with Crippen molar-refractivity contribution in [2.24, 2.45) is 0 Å². The van der Waals surface area contributed by atoms with Gasteiger partial charge in [0.2, 0.25) is 0 Å². The second-order valence-corrected chi connectivity index (χ2v) is 3.84. The van der Waals surface area contributed by atoms with E-state index in [1.165, 1.54) is 0 Å². The third-order valence-corrected chi connectivity index (χ3v) is 2.14. The third kappa shape index (κ3) is 4.39. The summed E-state index contributed by atoms with van der Waals surface area (Å²) in [5.74, 6) is 1.57. The Balaban J connectivity index is 2.80. The number of hydrogen-bond acceptors (Lipinski definition) is 3. The molecular formula is C14H21NO2. The summed E-state index contributed by atoms with van der Waals surface area (Å²) in [7, 11) is 0. The maximum absolute atomic E-state index is 5.55. The molecule has 0 aromatic heterocycles. The molecule has 0 unspecified atom stereocenters. The molecular weight excluding hydrogens is 214 g/mol. The van der Waals surface area contributed by atoms with Gasteiger partial charge in [-0.1, -0.05) is 12.2 Å². The Morgan fingerprint density at radius 2 is 1.82 bits per heavy atom. The molecule has 0 aliphatic heterocycles. The summed E-state index contributed by atoms with van der Waals surface area (Å²) in [5.41, 5.74) is 2.11. The lowest BCUT2D eigenvalue weighted by molar-refractivity contribution is 0.288. The molecule has 0 fully saturated rings. The molecule has 0 aliphatic carbocycles. The Morgan fingerprint density at radius 3 is 2.41 bits per heavy atom. The number of hydrogen-bond donors (Lipinski definition) is 1. The molecule has 0 amide bonds. The number of anilines is 1. The average Bonchev–Trinajstić information content (AvgIpc) is 2.30. The van der Waals surface area contributed by atoms with Crippen molar-refractivity contribution in [1.29, 1.82) is 0 Å². The second-order valence-electron chi connectivity index (χ2n) is 3.84. The predicted molar refractivity (Wildman–Crippen MR) is 72.1 cm³/mol. The second kappa shape index (κ2) is 6.84. The first kappa shape index (κ1) is 13.4. The van der Waals surface area contributed by atoms with Crippen LogP contribution in [-0.2, 0) is 0 Å². The molecule has 1 rings (SSSR count). The van der Waals surface area contributed by atoms with Crippen LogP contribution in [0, 0.1) is 0 Å². The molecule has 17 heavy (non-hydrogen) atoms. The molecule has 3 heteroatoms. The largest absolute Gasteiger partial charge is 0.490 e. The molecule has 0 saturated heterocycles. The lowest BCUT2D eigenvalue weighted by Crippen LogP contribution is -2.03. The van der Waals surface area contributed by atoms with Crippen molar-refractivity contribution in [3.63, 3.8) is 0 Å². The van der Waals surface area contributed by atoms with Gasteiger partial charge in [-0.2, -0.15) is 0 Å². The van der Waals surface area contributed by atoms with Crippen LogP contribution in [0.1, 0.15) is 20.8 Å². The fourth-order valence-corrected chi connectivity index (χ4v) is 1.41. The highest BCUT2D eigenvalue weighted by atomic mass is 16.5. The lowest BCUT2D eigenvalue weighted by Gasteiger charge is -2.13. The SMILES string of the molecule is C=C(C)CNc1ccc(OCC)c(OCC)c1. The van der Waals surface area contributed by atoms with E-state index in [1.54, 1.807) is 0 Å². The molecule has 3 nitrogen and oxygen atoms in total. The summed E-state index contributed by atoms with van der Waals surface area (Å²) in [6.07, 6.45) is 0. The predicted octanol–water partition coefficient (Wildman–Crippen LogP) is 3.47. The van der Waals surface area contributed by atoms with E-state index in [2.05, 4.69) is 11.9 Å². The van der Waals surface area contributed by atoms with E-state index in [-0.39, 0.29) is 0 Å². The molecule has 0 heterocycles. The highest BCUT2D eigenvalue weighted by Gasteiger charge is 2.05. The monoisotopic (exact) mass is 235 g/mol. The van der Waals surface area contributed by atoms with E-state index >= 15 is 0 Å².